The lowest BCUT2D eigenvalue weighted by Gasteiger charge is -2.13. The van der Waals surface area contributed by atoms with E-state index in [0.717, 1.165) is 4.90 Å². The standard InChI is InChI=1S/C30H26N4O5S/c1-19(28(36)32-22-11-9-20(10-12-22)27(31)35)40-25-15-13-23(14-16-25)33-30(38)26(18-24-8-5-17-39-24)34-29(37)21-6-3-2-4-7-21/h2-19H,1H3,(H2,31,35)(H,32,36)(H,33,38)(H,34,37)/b26-18-. The lowest BCUT2D eigenvalue weighted by molar-refractivity contribution is -0.115. The summed E-state index contributed by atoms with van der Waals surface area (Å²) in [5.41, 5.74) is 7.07. The van der Waals surface area contributed by atoms with Gasteiger partial charge in [-0.25, -0.2) is 0 Å². The number of thioether (sulfide) groups is 1. The maximum atomic E-state index is 13.1. The summed E-state index contributed by atoms with van der Waals surface area (Å²) >= 11 is 1.34. The summed E-state index contributed by atoms with van der Waals surface area (Å²) < 4.78 is 5.31. The molecule has 0 aliphatic carbocycles. The van der Waals surface area contributed by atoms with E-state index in [9.17, 15) is 19.2 Å². The van der Waals surface area contributed by atoms with E-state index in [1.807, 2.05) is 0 Å². The SMILES string of the molecule is CC(Sc1ccc(NC(=O)/C(=C/c2ccco2)NC(=O)c2ccccc2)cc1)C(=O)Nc1ccc(C(N)=O)cc1. The molecule has 0 aliphatic rings. The van der Waals surface area contributed by atoms with Gasteiger partial charge in [0, 0.05) is 33.5 Å². The number of nitrogens with one attached hydrogen (secondary N) is 3. The van der Waals surface area contributed by atoms with Crippen LogP contribution in [0, 0.1) is 0 Å². The first-order chi connectivity index (χ1) is 19.3. The number of nitrogens with two attached hydrogens (primary N) is 1. The predicted octanol–water partition coefficient (Wildman–Crippen LogP) is 4.91. The number of hydrogen-bond acceptors (Lipinski definition) is 6. The second-order valence-corrected chi connectivity index (χ2v) is 9.98. The highest BCUT2D eigenvalue weighted by Gasteiger charge is 2.17. The van der Waals surface area contributed by atoms with Crippen LogP contribution in [-0.2, 0) is 9.59 Å². The average molecular weight is 555 g/mol. The van der Waals surface area contributed by atoms with E-state index in [1.54, 1.807) is 97.9 Å². The highest BCUT2D eigenvalue weighted by molar-refractivity contribution is 8.00. The van der Waals surface area contributed by atoms with Crippen LogP contribution in [0.5, 0.6) is 0 Å². The zero-order chi connectivity index (χ0) is 28.5. The van der Waals surface area contributed by atoms with Crippen molar-refractivity contribution in [1.29, 1.82) is 0 Å². The van der Waals surface area contributed by atoms with Gasteiger partial charge in [-0.05, 0) is 79.7 Å². The molecule has 4 rings (SSSR count). The van der Waals surface area contributed by atoms with Crippen molar-refractivity contribution in [3.63, 3.8) is 0 Å². The van der Waals surface area contributed by atoms with Crippen molar-refractivity contribution in [3.05, 3.63) is 120 Å². The van der Waals surface area contributed by atoms with Gasteiger partial charge in [-0.1, -0.05) is 18.2 Å². The number of anilines is 2. The molecule has 40 heavy (non-hydrogen) atoms. The molecule has 1 heterocycles. The molecule has 0 saturated carbocycles. The monoisotopic (exact) mass is 554 g/mol. The molecule has 4 amide bonds. The van der Waals surface area contributed by atoms with Crippen LogP contribution in [0.15, 0.2) is 112 Å². The minimum atomic E-state index is -0.539. The van der Waals surface area contributed by atoms with Crippen LogP contribution in [0.4, 0.5) is 11.4 Å². The summed E-state index contributed by atoms with van der Waals surface area (Å²) in [5.74, 6) is -1.31. The topological polar surface area (TPSA) is 144 Å². The van der Waals surface area contributed by atoms with Crippen LogP contribution in [-0.4, -0.2) is 28.9 Å². The Balaban J connectivity index is 1.37. The van der Waals surface area contributed by atoms with E-state index in [2.05, 4.69) is 16.0 Å². The summed E-state index contributed by atoms with van der Waals surface area (Å²) in [6.45, 7) is 1.77. The molecule has 0 aliphatic heterocycles. The van der Waals surface area contributed by atoms with E-state index < -0.39 is 23.0 Å². The fourth-order valence-electron chi connectivity index (χ4n) is 3.49. The Morgan fingerprint density at radius 2 is 1.45 bits per heavy atom. The van der Waals surface area contributed by atoms with Gasteiger partial charge in [0.05, 0.1) is 11.5 Å². The third-order valence-corrected chi connectivity index (χ3v) is 6.70. The molecule has 1 aromatic heterocycles. The molecular weight excluding hydrogens is 528 g/mol. The fraction of sp³-hybridized carbons (Fsp3) is 0.0667. The third kappa shape index (κ3) is 7.71. The minimum Gasteiger partial charge on any atom is -0.465 e. The molecule has 0 bridgehead atoms. The molecule has 3 aromatic carbocycles. The molecule has 1 atom stereocenters. The molecule has 0 radical (unpaired) electrons. The van der Waals surface area contributed by atoms with E-state index >= 15 is 0 Å². The minimum absolute atomic E-state index is 0.0106. The van der Waals surface area contributed by atoms with Gasteiger partial charge < -0.3 is 26.1 Å². The Labute approximate surface area is 234 Å². The summed E-state index contributed by atoms with van der Waals surface area (Å²) in [6.07, 6.45) is 2.92. The van der Waals surface area contributed by atoms with Crippen LogP contribution < -0.4 is 21.7 Å². The van der Waals surface area contributed by atoms with Crippen LogP contribution >= 0.6 is 11.8 Å². The number of hydrogen-bond donors (Lipinski definition) is 4. The second kappa shape index (κ2) is 13.1. The van der Waals surface area contributed by atoms with Crippen molar-refractivity contribution in [2.75, 3.05) is 10.6 Å². The van der Waals surface area contributed by atoms with Gasteiger partial charge in [0.15, 0.2) is 0 Å². The van der Waals surface area contributed by atoms with Crippen LogP contribution in [0.3, 0.4) is 0 Å². The van der Waals surface area contributed by atoms with Crippen LogP contribution in [0.2, 0.25) is 0 Å². The number of carbonyl (C=O) groups is 4. The summed E-state index contributed by atoms with van der Waals surface area (Å²) in [5, 5.41) is 7.81. The Morgan fingerprint density at radius 3 is 2.08 bits per heavy atom. The Morgan fingerprint density at radius 1 is 0.800 bits per heavy atom. The van der Waals surface area contributed by atoms with Crippen molar-refractivity contribution in [3.8, 4) is 0 Å². The lowest BCUT2D eigenvalue weighted by atomic mass is 10.2. The van der Waals surface area contributed by atoms with Crippen LogP contribution in [0.1, 0.15) is 33.4 Å². The zero-order valence-electron chi connectivity index (χ0n) is 21.4. The fourth-order valence-corrected chi connectivity index (χ4v) is 4.36. The van der Waals surface area contributed by atoms with Crippen LogP contribution in [0.25, 0.3) is 6.08 Å². The van der Waals surface area contributed by atoms with Gasteiger partial charge in [0.1, 0.15) is 11.5 Å². The summed E-state index contributed by atoms with van der Waals surface area (Å²) in [4.78, 5) is 50.4. The number of furan rings is 1. The zero-order valence-corrected chi connectivity index (χ0v) is 22.2. The first-order valence-electron chi connectivity index (χ1n) is 12.2. The van der Waals surface area contributed by atoms with Gasteiger partial charge in [-0.15, -0.1) is 11.8 Å². The predicted molar refractivity (Wildman–Crippen MR) is 155 cm³/mol. The molecule has 4 aromatic rings. The van der Waals surface area contributed by atoms with Crippen molar-refractivity contribution < 1.29 is 23.6 Å². The Hall–Kier alpha value is -5.09. The quantitative estimate of drug-likeness (QED) is 0.162. The smallest absolute Gasteiger partial charge is 0.272 e. The normalized spacial score (nSPS) is 11.8. The maximum absolute atomic E-state index is 13.1. The number of amides is 4. The molecule has 9 nitrogen and oxygen atoms in total. The van der Waals surface area contributed by atoms with Crippen molar-refractivity contribution in [2.24, 2.45) is 5.73 Å². The highest BCUT2D eigenvalue weighted by Crippen LogP contribution is 2.26. The molecule has 0 spiro atoms. The van der Waals surface area contributed by atoms with E-state index in [1.165, 1.54) is 24.1 Å². The lowest BCUT2D eigenvalue weighted by Crippen LogP contribution is -2.30. The first kappa shape index (κ1) is 27.9. The van der Waals surface area contributed by atoms with Gasteiger partial charge in [-0.2, -0.15) is 0 Å². The largest absolute Gasteiger partial charge is 0.465 e. The highest BCUT2D eigenvalue weighted by atomic mass is 32.2. The van der Waals surface area contributed by atoms with Gasteiger partial charge in [0.25, 0.3) is 11.8 Å². The van der Waals surface area contributed by atoms with Gasteiger partial charge in [-0.3, -0.25) is 19.2 Å². The van der Waals surface area contributed by atoms with Gasteiger partial charge in [0.2, 0.25) is 11.8 Å². The third-order valence-electron chi connectivity index (χ3n) is 5.59. The molecule has 0 saturated heterocycles. The second-order valence-electron chi connectivity index (χ2n) is 8.56. The Bertz CT molecular complexity index is 1520. The number of primary amides is 1. The molecule has 0 fully saturated rings. The van der Waals surface area contributed by atoms with Gasteiger partial charge >= 0.3 is 0 Å². The van der Waals surface area contributed by atoms with Crippen molar-refractivity contribution >= 4 is 52.8 Å². The summed E-state index contributed by atoms with van der Waals surface area (Å²) in [6, 6.07) is 25.2. The number of benzene rings is 3. The molecule has 202 valence electrons. The maximum Gasteiger partial charge on any atom is 0.272 e. The van der Waals surface area contributed by atoms with Crippen molar-refractivity contribution in [2.45, 2.75) is 17.1 Å². The molecule has 10 heteroatoms. The van der Waals surface area contributed by atoms with E-state index in [0.29, 0.717) is 28.3 Å². The molecule has 1 unspecified atom stereocenters. The molecular formula is C30H26N4O5S. The van der Waals surface area contributed by atoms with Crippen molar-refractivity contribution in [1.82, 2.24) is 5.32 Å². The summed E-state index contributed by atoms with van der Waals surface area (Å²) in [7, 11) is 0. The van der Waals surface area contributed by atoms with E-state index in [4.69, 9.17) is 10.2 Å². The van der Waals surface area contributed by atoms with E-state index in [-0.39, 0.29) is 11.6 Å². The first-order valence-corrected chi connectivity index (χ1v) is 13.1. The average Bonchev–Trinajstić information content (AvgIpc) is 3.47. The number of carbonyl (C=O) groups excluding carboxylic acids is 4. The number of rotatable bonds is 10. The molecule has 5 N–H and O–H groups in total. The Kier molecular flexibility index (Phi) is 9.16.